The average molecular weight is 742 g/mol. The van der Waals surface area contributed by atoms with Crippen LogP contribution in [0.4, 0.5) is 0 Å². The molecule has 9 aromatic carbocycles. The first-order valence-corrected chi connectivity index (χ1v) is 19.4. The van der Waals surface area contributed by atoms with Crippen molar-refractivity contribution < 1.29 is 8.83 Å². The van der Waals surface area contributed by atoms with Gasteiger partial charge in [-0.1, -0.05) is 146 Å². The maximum Gasteiger partial charge on any atom is 0.167 e. The Hall–Kier alpha value is -7.89. The van der Waals surface area contributed by atoms with Gasteiger partial charge in [-0.3, -0.25) is 0 Å². The van der Waals surface area contributed by atoms with Crippen LogP contribution in [0.15, 0.2) is 197 Å². The third kappa shape index (κ3) is 5.14. The van der Waals surface area contributed by atoms with Crippen molar-refractivity contribution in [2.45, 2.75) is 0 Å². The second kappa shape index (κ2) is 12.8. The van der Waals surface area contributed by atoms with Crippen molar-refractivity contribution in [3.8, 4) is 56.4 Å². The van der Waals surface area contributed by atoms with Gasteiger partial charge in [-0.05, 0) is 80.7 Å². The van der Waals surface area contributed by atoms with Gasteiger partial charge in [-0.15, -0.1) is 0 Å². The van der Waals surface area contributed by atoms with Gasteiger partial charge in [0.1, 0.15) is 22.3 Å². The lowest BCUT2D eigenvalue weighted by atomic mass is 9.97. The predicted octanol–water partition coefficient (Wildman–Crippen LogP) is 14.3. The summed E-state index contributed by atoms with van der Waals surface area (Å²) in [4.78, 5) is 16.0. The van der Waals surface area contributed by atoms with Crippen molar-refractivity contribution in [3.05, 3.63) is 188 Å². The number of rotatable bonds is 5. The van der Waals surface area contributed by atoms with E-state index >= 15 is 0 Å². The summed E-state index contributed by atoms with van der Waals surface area (Å²) in [5, 5.41) is 8.49. The zero-order chi connectivity index (χ0) is 38.2. The molecule has 5 nitrogen and oxygen atoms in total. The van der Waals surface area contributed by atoms with E-state index in [9.17, 15) is 0 Å². The molecule has 0 spiro atoms. The van der Waals surface area contributed by atoms with E-state index in [0.29, 0.717) is 17.5 Å². The van der Waals surface area contributed by atoms with Gasteiger partial charge in [-0.2, -0.15) is 0 Å². The van der Waals surface area contributed by atoms with Crippen molar-refractivity contribution in [2.24, 2.45) is 0 Å². The van der Waals surface area contributed by atoms with Crippen molar-refractivity contribution in [2.75, 3.05) is 0 Å². The molecule has 0 aliphatic carbocycles. The SMILES string of the molecule is c1ccc(-c2ccc3ccc(-c4nc(-c5cc6ccccc6c6c5oc5ccccc56)nc(-c5ccc(-c6ccccc6)c6oc7ccccc7c56)n4)cc3c2)cc1. The number of fused-ring (bicyclic) bond motifs is 9. The molecule has 0 aliphatic rings. The Labute approximate surface area is 332 Å². The van der Waals surface area contributed by atoms with Crippen LogP contribution in [0.1, 0.15) is 0 Å². The molecule has 0 fully saturated rings. The summed E-state index contributed by atoms with van der Waals surface area (Å²) < 4.78 is 13.4. The summed E-state index contributed by atoms with van der Waals surface area (Å²) in [6, 6.07) is 65.1. The minimum Gasteiger partial charge on any atom is -0.455 e. The van der Waals surface area contributed by atoms with Gasteiger partial charge < -0.3 is 8.83 Å². The fourth-order valence-corrected chi connectivity index (χ4v) is 8.54. The standard InChI is InChI=1S/C53H31N3O2/c1-3-13-32(14-4-1)35-25-23-33-24-26-37(30-38(33)29-35)51-54-52(43-28-27-40(34-15-5-2-6-16-34)49-48(43)42-20-10-12-22-46(42)57-49)56-53(55-51)44-31-36-17-7-8-18-39(36)47-41-19-9-11-21-45(41)58-50(44)47/h1-31H. The van der Waals surface area contributed by atoms with Gasteiger partial charge in [-0.25, -0.2) is 15.0 Å². The van der Waals surface area contributed by atoms with Gasteiger partial charge in [0.05, 0.1) is 5.56 Å². The molecule has 0 amide bonds. The first-order valence-electron chi connectivity index (χ1n) is 19.4. The van der Waals surface area contributed by atoms with Crippen LogP contribution in [0.5, 0.6) is 0 Å². The zero-order valence-corrected chi connectivity index (χ0v) is 31.1. The van der Waals surface area contributed by atoms with E-state index < -0.39 is 0 Å². The largest absolute Gasteiger partial charge is 0.455 e. The number of nitrogens with zero attached hydrogens (tertiary/aromatic N) is 3. The van der Waals surface area contributed by atoms with Crippen molar-refractivity contribution >= 4 is 65.4 Å². The molecule has 0 N–H and O–H groups in total. The third-order valence-corrected chi connectivity index (χ3v) is 11.3. The van der Waals surface area contributed by atoms with Crippen LogP contribution < -0.4 is 0 Å². The van der Waals surface area contributed by atoms with Gasteiger partial charge in [0, 0.05) is 38.2 Å². The summed E-state index contributed by atoms with van der Waals surface area (Å²) in [5.74, 6) is 1.64. The Kier molecular flexibility index (Phi) is 7.16. The molecule has 0 saturated carbocycles. The molecule has 12 rings (SSSR count). The molecule has 0 aliphatic heterocycles. The molecule has 3 aromatic heterocycles. The maximum atomic E-state index is 6.71. The molecule has 270 valence electrons. The Bertz CT molecular complexity index is 3570. The highest BCUT2D eigenvalue weighted by Crippen LogP contribution is 2.44. The first kappa shape index (κ1) is 32.4. The fourth-order valence-electron chi connectivity index (χ4n) is 8.54. The van der Waals surface area contributed by atoms with E-state index in [1.165, 1.54) is 5.56 Å². The van der Waals surface area contributed by atoms with Crippen LogP contribution in [0.3, 0.4) is 0 Å². The molecule has 0 saturated heterocycles. The smallest absolute Gasteiger partial charge is 0.167 e. The molecule has 3 heterocycles. The second-order valence-electron chi connectivity index (χ2n) is 14.7. The number of hydrogen-bond acceptors (Lipinski definition) is 5. The zero-order valence-electron chi connectivity index (χ0n) is 31.1. The summed E-state index contributed by atoms with van der Waals surface area (Å²) in [7, 11) is 0. The molecular formula is C53H31N3O2. The van der Waals surface area contributed by atoms with Crippen molar-refractivity contribution in [1.29, 1.82) is 0 Å². The van der Waals surface area contributed by atoms with Gasteiger partial charge >= 0.3 is 0 Å². The molecule has 12 aromatic rings. The monoisotopic (exact) mass is 741 g/mol. The van der Waals surface area contributed by atoms with Gasteiger partial charge in [0.2, 0.25) is 0 Å². The highest BCUT2D eigenvalue weighted by Gasteiger charge is 2.23. The van der Waals surface area contributed by atoms with E-state index in [1.807, 2.05) is 42.5 Å². The number of para-hydroxylation sites is 2. The Morgan fingerprint density at radius 3 is 1.57 bits per heavy atom. The molecular weight excluding hydrogens is 711 g/mol. The van der Waals surface area contributed by atoms with Crippen LogP contribution in [0, 0.1) is 0 Å². The number of hydrogen-bond donors (Lipinski definition) is 0. The summed E-state index contributed by atoms with van der Waals surface area (Å²) in [6.45, 7) is 0. The quantitative estimate of drug-likeness (QED) is 0.176. The van der Waals surface area contributed by atoms with Crippen LogP contribution >= 0.6 is 0 Å². The van der Waals surface area contributed by atoms with Gasteiger partial charge in [0.25, 0.3) is 0 Å². The second-order valence-corrected chi connectivity index (χ2v) is 14.7. The minimum atomic E-state index is 0.529. The van der Waals surface area contributed by atoms with E-state index in [2.05, 4.69) is 146 Å². The lowest BCUT2D eigenvalue weighted by Gasteiger charge is -2.12. The molecule has 0 radical (unpaired) electrons. The Morgan fingerprint density at radius 1 is 0.293 bits per heavy atom. The molecule has 5 heteroatoms. The summed E-state index contributed by atoms with van der Waals surface area (Å²) in [6.07, 6.45) is 0. The maximum absolute atomic E-state index is 6.71. The lowest BCUT2D eigenvalue weighted by Crippen LogP contribution is -2.01. The Balaban J connectivity index is 1.15. The third-order valence-electron chi connectivity index (χ3n) is 11.3. The molecule has 0 bridgehead atoms. The van der Waals surface area contributed by atoms with E-state index in [0.717, 1.165) is 98.8 Å². The number of aromatic nitrogens is 3. The fraction of sp³-hybridized carbons (Fsp3) is 0. The van der Waals surface area contributed by atoms with E-state index in [1.54, 1.807) is 0 Å². The van der Waals surface area contributed by atoms with Crippen molar-refractivity contribution in [1.82, 2.24) is 15.0 Å². The number of furan rings is 2. The van der Waals surface area contributed by atoms with Crippen LogP contribution in [0.25, 0.3) is 122 Å². The summed E-state index contributed by atoms with van der Waals surface area (Å²) >= 11 is 0. The first-order chi connectivity index (χ1) is 28.7. The predicted molar refractivity (Wildman–Crippen MR) is 237 cm³/mol. The lowest BCUT2D eigenvalue weighted by molar-refractivity contribution is 0.669. The van der Waals surface area contributed by atoms with Gasteiger partial charge in [0.15, 0.2) is 17.5 Å². The Morgan fingerprint density at radius 2 is 0.828 bits per heavy atom. The molecule has 0 atom stereocenters. The number of benzene rings is 9. The van der Waals surface area contributed by atoms with E-state index in [-0.39, 0.29) is 0 Å². The van der Waals surface area contributed by atoms with Crippen LogP contribution in [-0.2, 0) is 0 Å². The highest BCUT2D eigenvalue weighted by molar-refractivity contribution is 6.22. The normalized spacial score (nSPS) is 11.8. The van der Waals surface area contributed by atoms with Crippen molar-refractivity contribution in [3.63, 3.8) is 0 Å². The summed E-state index contributed by atoms with van der Waals surface area (Å²) in [5.41, 5.74) is 10.1. The van der Waals surface area contributed by atoms with E-state index in [4.69, 9.17) is 23.8 Å². The average Bonchev–Trinajstić information content (AvgIpc) is 3.88. The van der Waals surface area contributed by atoms with Crippen LogP contribution in [-0.4, -0.2) is 15.0 Å². The highest BCUT2D eigenvalue weighted by atomic mass is 16.3. The van der Waals surface area contributed by atoms with Crippen LogP contribution in [0.2, 0.25) is 0 Å². The molecule has 58 heavy (non-hydrogen) atoms. The molecule has 0 unspecified atom stereocenters. The topological polar surface area (TPSA) is 65.0 Å². The minimum absolute atomic E-state index is 0.529.